The van der Waals surface area contributed by atoms with Gasteiger partial charge in [0.2, 0.25) is 0 Å². The van der Waals surface area contributed by atoms with Crippen LogP contribution in [0.15, 0.2) is 38.9 Å². The Balaban J connectivity index is 1.89. The highest BCUT2D eigenvalue weighted by Gasteiger charge is 2.14. The molecule has 0 aliphatic heterocycles. The van der Waals surface area contributed by atoms with E-state index in [1.807, 2.05) is 26.2 Å². The third-order valence-electron chi connectivity index (χ3n) is 3.43. The first-order valence-electron chi connectivity index (χ1n) is 7.86. The van der Waals surface area contributed by atoms with Gasteiger partial charge >= 0.3 is 5.63 Å². The van der Waals surface area contributed by atoms with Gasteiger partial charge in [-0.05, 0) is 32.9 Å². The molecule has 3 aromatic rings. The number of rotatable bonds is 5. The van der Waals surface area contributed by atoms with Gasteiger partial charge in [0.25, 0.3) is 5.91 Å². The van der Waals surface area contributed by atoms with Crippen LogP contribution in [-0.4, -0.2) is 17.0 Å². The summed E-state index contributed by atoms with van der Waals surface area (Å²) in [5.74, 6) is 0.238. The zero-order valence-electron chi connectivity index (χ0n) is 14.2. The molecule has 0 bridgehead atoms. The van der Waals surface area contributed by atoms with E-state index in [9.17, 15) is 9.59 Å². The van der Waals surface area contributed by atoms with Crippen molar-refractivity contribution in [2.75, 3.05) is 0 Å². The Morgan fingerprint density at radius 3 is 2.84 bits per heavy atom. The Morgan fingerprint density at radius 1 is 1.36 bits per heavy atom. The van der Waals surface area contributed by atoms with Crippen molar-refractivity contribution >= 4 is 28.2 Å². The van der Waals surface area contributed by atoms with Crippen molar-refractivity contribution in [1.82, 2.24) is 10.3 Å². The van der Waals surface area contributed by atoms with Gasteiger partial charge in [-0.1, -0.05) is 0 Å². The molecule has 25 heavy (non-hydrogen) atoms. The van der Waals surface area contributed by atoms with Gasteiger partial charge in [0.1, 0.15) is 11.3 Å². The summed E-state index contributed by atoms with van der Waals surface area (Å²) in [6, 6.07) is 6.30. The van der Waals surface area contributed by atoms with Crippen molar-refractivity contribution < 1.29 is 13.9 Å². The summed E-state index contributed by atoms with van der Waals surface area (Å²) >= 11 is 1.52. The lowest BCUT2D eigenvalue weighted by atomic mass is 10.1. The number of ether oxygens (including phenoxy) is 1. The average Bonchev–Trinajstić information content (AvgIpc) is 2.96. The molecule has 0 atom stereocenters. The number of fused-ring (bicyclic) bond motifs is 1. The minimum atomic E-state index is -0.580. The second-order valence-corrected chi connectivity index (χ2v) is 6.91. The molecule has 130 valence electrons. The third kappa shape index (κ3) is 4.06. The Hall–Kier alpha value is -2.67. The van der Waals surface area contributed by atoms with Crippen LogP contribution in [0.25, 0.3) is 11.0 Å². The summed E-state index contributed by atoms with van der Waals surface area (Å²) < 4.78 is 10.8. The van der Waals surface area contributed by atoms with E-state index >= 15 is 0 Å². The summed E-state index contributed by atoms with van der Waals surface area (Å²) in [7, 11) is 0. The number of carbonyl (C=O) groups is 1. The van der Waals surface area contributed by atoms with Crippen molar-refractivity contribution in [3.8, 4) is 5.75 Å². The molecule has 0 aliphatic rings. The molecule has 0 saturated carbocycles. The number of aryl methyl sites for hydroxylation is 1. The summed E-state index contributed by atoms with van der Waals surface area (Å²) in [6.07, 6.45) is -0.00257. The Kier molecular flexibility index (Phi) is 4.85. The Bertz CT molecular complexity index is 975. The Labute approximate surface area is 148 Å². The SMILES string of the molecule is Cc1nc(CNC(=O)c2cc(=O)oc3cc(OC(C)C)ccc23)cs1. The highest BCUT2D eigenvalue weighted by Crippen LogP contribution is 2.23. The molecule has 1 aromatic carbocycles. The van der Waals surface area contributed by atoms with Gasteiger partial charge in [0, 0.05) is 22.9 Å². The van der Waals surface area contributed by atoms with Crippen LogP contribution in [0.1, 0.15) is 34.9 Å². The van der Waals surface area contributed by atoms with Crippen molar-refractivity contribution in [1.29, 1.82) is 0 Å². The number of hydrogen-bond donors (Lipinski definition) is 1. The van der Waals surface area contributed by atoms with E-state index in [0.717, 1.165) is 10.7 Å². The fourth-order valence-electron chi connectivity index (χ4n) is 2.43. The fraction of sp³-hybridized carbons (Fsp3) is 0.278. The highest BCUT2D eigenvalue weighted by atomic mass is 32.1. The smallest absolute Gasteiger partial charge is 0.337 e. The zero-order chi connectivity index (χ0) is 18.0. The highest BCUT2D eigenvalue weighted by molar-refractivity contribution is 7.09. The lowest BCUT2D eigenvalue weighted by Crippen LogP contribution is -2.24. The molecule has 0 saturated heterocycles. The second-order valence-electron chi connectivity index (χ2n) is 5.84. The van der Waals surface area contributed by atoms with E-state index in [1.54, 1.807) is 18.2 Å². The molecular weight excluding hydrogens is 340 g/mol. The van der Waals surface area contributed by atoms with Gasteiger partial charge in [-0.15, -0.1) is 11.3 Å². The third-order valence-corrected chi connectivity index (χ3v) is 4.25. The van der Waals surface area contributed by atoms with Crippen molar-refractivity contribution in [2.24, 2.45) is 0 Å². The van der Waals surface area contributed by atoms with Crippen LogP contribution >= 0.6 is 11.3 Å². The molecule has 2 aromatic heterocycles. The van der Waals surface area contributed by atoms with Crippen LogP contribution in [0.2, 0.25) is 0 Å². The summed E-state index contributed by atoms with van der Waals surface area (Å²) in [5.41, 5.74) is 0.800. The molecule has 2 heterocycles. The van der Waals surface area contributed by atoms with Crippen LogP contribution < -0.4 is 15.7 Å². The molecule has 7 heteroatoms. The molecule has 0 unspecified atom stereocenters. The molecule has 1 amide bonds. The maximum absolute atomic E-state index is 12.5. The quantitative estimate of drug-likeness (QED) is 0.708. The predicted molar refractivity (Wildman–Crippen MR) is 96.3 cm³/mol. The number of nitrogens with zero attached hydrogens (tertiary/aromatic N) is 1. The maximum Gasteiger partial charge on any atom is 0.337 e. The molecular formula is C18H18N2O4S. The van der Waals surface area contributed by atoms with Gasteiger partial charge < -0.3 is 14.5 Å². The number of thiazole rings is 1. The topological polar surface area (TPSA) is 81.4 Å². The van der Waals surface area contributed by atoms with Crippen LogP contribution in [0.3, 0.4) is 0 Å². The first kappa shape index (κ1) is 17.2. The molecule has 0 fully saturated rings. The minimum Gasteiger partial charge on any atom is -0.491 e. The lowest BCUT2D eigenvalue weighted by Gasteiger charge is -2.11. The molecule has 6 nitrogen and oxygen atoms in total. The number of benzene rings is 1. The number of carbonyl (C=O) groups excluding carboxylic acids is 1. The molecule has 0 spiro atoms. The van der Waals surface area contributed by atoms with Crippen molar-refractivity contribution in [3.63, 3.8) is 0 Å². The van der Waals surface area contributed by atoms with E-state index < -0.39 is 5.63 Å². The van der Waals surface area contributed by atoms with Gasteiger partial charge in [0.15, 0.2) is 0 Å². The number of amides is 1. The monoisotopic (exact) mass is 358 g/mol. The van der Waals surface area contributed by atoms with E-state index in [1.165, 1.54) is 17.4 Å². The molecule has 1 N–H and O–H groups in total. The number of hydrogen-bond acceptors (Lipinski definition) is 6. The molecule has 3 rings (SSSR count). The van der Waals surface area contributed by atoms with E-state index in [2.05, 4.69) is 10.3 Å². The van der Waals surface area contributed by atoms with Crippen molar-refractivity contribution in [2.45, 2.75) is 33.4 Å². The van der Waals surface area contributed by atoms with Crippen LogP contribution in [-0.2, 0) is 6.54 Å². The zero-order valence-corrected chi connectivity index (χ0v) is 15.0. The number of aromatic nitrogens is 1. The standard InChI is InChI=1S/C18H18N2O4S/c1-10(2)23-13-4-5-14-15(7-17(21)24-16(14)6-13)18(22)19-8-12-9-25-11(3)20-12/h4-7,9-10H,8H2,1-3H3,(H,19,22). The normalized spacial score (nSPS) is 11.0. The Morgan fingerprint density at radius 2 is 2.16 bits per heavy atom. The van der Waals surface area contributed by atoms with E-state index in [0.29, 0.717) is 23.3 Å². The second kappa shape index (κ2) is 7.06. The van der Waals surface area contributed by atoms with Gasteiger partial charge in [-0.3, -0.25) is 4.79 Å². The summed E-state index contributed by atoms with van der Waals surface area (Å²) in [5, 5.41) is 6.18. The fourth-order valence-corrected chi connectivity index (χ4v) is 3.04. The predicted octanol–water partition coefficient (Wildman–Crippen LogP) is 3.28. The molecule has 0 radical (unpaired) electrons. The minimum absolute atomic E-state index is 0.00257. The molecule has 0 aliphatic carbocycles. The van der Waals surface area contributed by atoms with E-state index in [4.69, 9.17) is 9.15 Å². The van der Waals surface area contributed by atoms with Crippen LogP contribution in [0.4, 0.5) is 0 Å². The van der Waals surface area contributed by atoms with E-state index in [-0.39, 0.29) is 17.6 Å². The first-order chi connectivity index (χ1) is 11.9. The lowest BCUT2D eigenvalue weighted by molar-refractivity contribution is 0.0951. The average molecular weight is 358 g/mol. The largest absolute Gasteiger partial charge is 0.491 e. The first-order valence-corrected chi connectivity index (χ1v) is 8.74. The van der Waals surface area contributed by atoms with Crippen LogP contribution in [0, 0.1) is 6.92 Å². The van der Waals surface area contributed by atoms with Gasteiger partial charge in [0.05, 0.1) is 28.9 Å². The maximum atomic E-state index is 12.5. The van der Waals surface area contributed by atoms with Crippen molar-refractivity contribution in [3.05, 3.63) is 56.3 Å². The number of nitrogens with one attached hydrogen (secondary N) is 1. The summed E-state index contributed by atoms with van der Waals surface area (Å²) in [6.45, 7) is 6.02. The van der Waals surface area contributed by atoms with Gasteiger partial charge in [-0.2, -0.15) is 0 Å². The summed E-state index contributed by atoms with van der Waals surface area (Å²) in [4.78, 5) is 28.6. The van der Waals surface area contributed by atoms with Gasteiger partial charge in [-0.25, -0.2) is 9.78 Å². The van der Waals surface area contributed by atoms with Crippen LogP contribution in [0.5, 0.6) is 5.75 Å².